The molecule has 0 saturated carbocycles. The maximum atomic E-state index is 13.1. The predicted molar refractivity (Wildman–Crippen MR) is 134 cm³/mol. The molecule has 0 aliphatic heterocycles. The van der Waals surface area contributed by atoms with E-state index in [0.29, 0.717) is 5.69 Å². The monoisotopic (exact) mass is 540 g/mol. The minimum absolute atomic E-state index is 0.0165. The Hall–Kier alpha value is -4.25. The number of H-pyrrole nitrogens is 1. The standard InChI is InChI=1S/C21H36N10O7/c1-10(32)16(23)19(36)30-12(3-2-6-27-21(24)25)17(34)29-13(4-5-15(22)33)18(35)31-14(20(37)38)7-11-8-26-9-28-11/h8-10,12-14,16,32H,2-7,23H2,1H3,(H2,22,33)(H,26,28)(H,29,34)(H,30,36)(H,31,35)(H,37,38)(H4,24,25,27). The van der Waals surface area contributed by atoms with Crippen molar-refractivity contribution >= 4 is 35.6 Å². The van der Waals surface area contributed by atoms with Crippen LogP contribution in [-0.2, 0) is 30.4 Å². The van der Waals surface area contributed by atoms with Gasteiger partial charge in [-0.05, 0) is 26.2 Å². The number of carboxylic acid groups (broad SMARTS) is 1. The molecule has 5 unspecified atom stereocenters. The normalized spacial score (nSPS) is 14.7. The summed E-state index contributed by atoms with van der Waals surface area (Å²) in [5.41, 5.74) is 21.8. The SMILES string of the molecule is CC(O)C(N)C(=O)NC(CCCN=C(N)N)C(=O)NC(CCC(N)=O)C(=O)NC(Cc1cnc[nH]1)C(=O)O. The van der Waals surface area contributed by atoms with Gasteiger partial charge in [0.05, 0.1) is 12.4 Å². The molecule has 17 nitrogen and oxygen atoms in total. The van der Waals surface area contributed by atoms with E-state index in [9.17, 15) is 34.2 Å². The van der Waals surface area contributed by atoms with Gasteiger partial charge in [0.2, 0.25) is 23.6 Å². The van der Waals surface area contributed by atoms with Crippen molar-refractivity contribution in [2.45, 2.75) is 69.3 Å². The second-order valence-corrected chi connectivity index (χ2v) is 8.52. The van der Waals surface area contributed by atoms with Crippen LogP contribution in [0.25, 0.3) is 0 Å². The van der Waals surface area contributed by atoms with Gasteiger partial charge in [-0.1, -0.05) is 0 Å². The van der Waals surface area contributed by atoms with Gasteiger partial charge < -0.3 is 54.1 Å². The molecule has 1 rings (SSSR count). The number of hydrogen-bond donors (Lipinski definition) is 10. The zero-order valence-corrected chi connectivity index (χ0v) is 20.9. The number of carbonyl (C=O) groups excluding carboxylic acids is 4. The topological polar surface area (TPSA) is 307 Å². The van der Waals surface area contributed by atoms with Crippen molar-refractivity contribution in [3.63, 3.8) is 0 Å². The maximum absolute atomic E-state index is 13.1. The second-order valence-electron chi connectivity index (χ2n) is 8.52. The van der Waals surface area contributed by atoms with Crippen molar-refractivity contribution < 1.29 is 34.2 Å². The van der Waals surface area contributed by atoms with Gasteiger partial charge in [0, 0.05) is 31.3 Å². The summed E-state index contributed by atoms with van der Waals surface area (Å²) in [6, 6.07) is -5.32. The molecule has 0 spiro atoms. The van der Waals surface area contributed by atoms with Gasteiger partial charge >= 0.3 is 5.97 Å². The summed E-state index contributed by atoms with van der Waals surface area (Å²) in [4.78, 5) is 71.8. The van der Waals surface area contributed by atoms with Gasteiger partial charge in [-0.25, -0.2) is 9.78 Å². The van der Waals surface area contributed by atoms with E-state index in [4.69, 9.17) is 22.9 Å². The van der Waals surface area contributed by atoms with Crippen molar-refractivity contribution in [3.8, 4) is 0 Å². The Bertz CT molecular complexity index is 979. The Balaban J connectivity index is 3.05. The summed E-state index contributed by atoms with van der Waals surface area (Å²) in [5, 5.41) is 26.3. The van der Waals surface area contributed by atoms with Crippen LogP contribution in [0.2, 0.25) is 0 Å². The number of guanidine groups is 1. The number of nitrogens with two attached hydrogens (primary N) is 4. The van der Waals surface area contributed by atoms with E-state index < -0.39 is 59.9 Å². The first kappa shape index (κ1) is 31.8. The van der Waals surface area contributed by atoms with Gasteiger partial charge in [-0.3, -0.25) is 24.2 Å². The van der Waals surface area contributed by atoms with Crippen LogP contribution in [-0.4, -0.2) is 92.6 Å². The van der Waals surface area contributed by atoms with Crippen LogP contribution in [0.15, 0.2) is 17.5 Å². The Morgan fingerprint density at radius 3 is 2.08 bits per heavy atom. The van der Waals surface area contributed by atoms with Gasteiger partial charge in [0.15, 0.2) is 5.96 Å². The number of hydrogen-bond acceptors (Lipinski definition) is 9. The van der Waals surface area contributed by atoms with Crippen molar-refractivity contribution in [1.29, 1.82) is 0 Å². The molecule has 14 N–H and O–H groups in total. The van der Waals surface area contributed by atoms with E-state index in [-0.39, 0.29) is 44.6 Å². The molecule has 4 amide bonds. The smallest absolute Gasteiger partial charge is 0.326 e. The third kappa shape index (κ3) is 11.7. The molecule has 1 heterocycles. The lowest BCUT2D eigenvalue weighted by atomic mass is 10.1. The molecule has 0 saturated heterocycles. The molecule has 212 valence electrons. The number of imidazole rings is 1. The zero-order valence-electron chi connectivity index (χ0n) is 20.9. The molecule has 5 atom stereocenters. The highest BCUT2D eigenvalue weighted by Gasteiger charge is 2.31. The Morgan fingerprint density at radius 1 is 1.00 bits per heavy atom. The van der Waals surface area contributed by atoms with E-state index in [1.165, 1.54) is 19.4 Å². The minimum Gasteiger partial charge on any atom is -0.480 e. The summed E-state index contributed by atoms with van der Waals surface area (Å²) in [5.74, 6) is -4.81. The van der Waals surface area contributed by atoms with E-state index in [2.05, 4.69) is 30.9 Å². The number of aliphatic hydroxyl groups excluding tert-OH is 1. The van der Waals surface area contributed by atoms with Crippen LogP contribution in [0.5, 0.6) is 0 Å². The number of rotatable bonds is 17. The quantitative estimate of drug-likeness (QED) is 0.0510. The molecular weight excluding hydrogens is 504 g/mol. The fourth-order valence-corrected chi connectivity index (χ4v) is 3.18. The third-order valence-corrected chi connectivity index (χ3v) is 5.31. The van der Waals surface area contributed by atoms with Crippen molar-refractivity contribution in [1.82, 2.24) is 25.9 Å². The lowest BCUT2D eigenvalue weighted by Crippen LogP contribution is -2.58. The fourth-order valence-electron chi connectivity index (χ4n) is 3.18. The first-order chi connectivity index (χ1) is 17.8. The predicted octanol–water partition coefficient (Wildman–Crippen LogP) is -4.48. The molecule has 38 heavy (non-hydrogen) atoms. The Morgan fingerprint density at radius 2 is 1.58 bits per heavy atom. The molecule has 0 aliphatic carbocycles. The number of nitrogens with zero attached hydrogens (tertiary/aromatic N) is 2. The molecule has 17 heteroatoms. The molecule has 1 aromatic heterocycles. The van der Waals surface area contributed by atoms with E-state index in [1.807, 2.05) is 0 Å². The highest BCUT2D eigenvalue weighted by molar-refractivity contribution is 5.94. The van der Waals surface area contributed by atoms with Crippen LogP contribution in [0.4, 0.5) is 0 Å². The molecule has 1 aromatic rings. The average Bonchev–Trinajstić information content (AvgIpc) is 3.35. The third-order valence-electron chi connectivity index (χ3n) is 5.31. The largest absolute Gasteiger partial charge is 0.480 e. The lowest BCUT2D eigenvalue weighted by molar-refractivity contribution is -0.142. The van der Waals surface area contributed by atoms with E-state index >= 15 is 0 Å². The zero-order chi connectivity index (χ0) is 28.8. The van der Waals surface area contributed by atoms with Gasteiger partial charge in [-0.2, -0.15) is 0 Å². The number of carboxylic acids is 1. The number of primary amides is 1. The molecule has 0 bridgehead atoms. The van der Waals surface area contributed by atoms with Crippen LogP contribution in [0.3, 0.4) is 0 Å². The fraction of sp³-hybridized carbons (Fsp3) is 0.571. The summed E-state index contributed by atoms with van der Waals surface area (Å²) >= 11 is 0. The van der Waals surface area contributed by atoms with Gasteiger partial charge in [-0.15, -0.1) is 0 Å². The number of carbonyl (C=O) groups is 5. The number of aromatic nitrogens is 2. The average molecular weight is 541 g/mol. The number of aliphatic hydroxyl groups is 1. The van der Waals surface area contributed by atoms with Gasteiger partial charge in [0.25, 0.3) is 0 Å². The lowest BCUT2D eigenvalue weighted by Gasteiger charge is -2.25. The maximum Gasteiger partial charge on any atom is 0.326 e. The summed E-state index contributed by atoms with van der Waals surface area (Å²) in [7, 11) is 0. The Kier molecular flexibility index (Phi) is 13.2. The first-order valence-electron chi connectivity index (χ1n) is 11.7. The summed E-state index contributed by atoms with van der Waals surface area (Å²) in [6.45, 7) is 1.42. The molecular formula is C21H36N10O7. The number of amides is 4. The number of aliphatic imine (C=N–C) groups is 1. The van der Waals surface area contributed by atoms with Crippen LogP contribution >= 0.6 is 0 Å². The molecule has 0 fully saturated rings. The van der Waals surface area contributed by atoms with Crippen LogP contribution in [0, 0.1) is 0 Å². The Labute approximate surface area is 218 Å². The number of aromatic amines is 1. The minimum atomic E-state index is -1.38. The number of aliphatic carboxylic acids is 1. The molecule has 0 radical (unpaired) electrons. The van der Waals surface area contributed by atoms with E-state index in [1.54, 1.807) is 0 Å². The second kappa shape index (κ2) is 15.8. The van der Waals surface area contributed by atoms with Crippen molar-refractivity contribution in [2.24, 2.45) is 27.9 Å². The number of nitrogens with one attached hydrogen (secondary N) is 4. The van der Waals surface area contributed by atoms with Gasteiger partial charge in [0.1, 0.15) is 24.2 Å². The van der Waals surface area contributed by atoms with Crippen molar-refractivity contribution in [2.75, 3.05) is 6.54 Å². The van der Waals surface area contributed by atoms with E-state index in [0.717, 1.165) is 0 Å². The highest BCUT2D eigenvalue weighted by Crippen LogP contribution is 2.06. The summed E-state index contributed by atoms with van der Waals surface area (Å²) in [6.07, 6.45) is 1.11. The van der Waals surface area contributed by atoms with Crippen molar-refractivity contribution in [3.05, 3.63) is 18.2 Å². The molecule has 0 aromatic carbocycles. The summed E-state index contributed by atoms with van der Waals surface area (Å²) < 4.78 is 0. The highest BCUT2D eigenvalue weighted by atomic mass is 16.4. The van der Waals surface area contributed by atoms with Crippen LogP contribution < -0.4 is 38.9 Å². The van der Waals surface area contributed by atoms with Crippen LogP contribution in [0.1, 0.15) is 38.3 Å². The molecule has 0 aliphatic rings. The first-order valence-corrected chi connectivity index (χ1v) is 11.7.